The summed E-state index contributed by atoms with van der Waals surface area (Å²) in [6, 6.07) is 5.58. The molecule has 9 heteroatoms. The van der Waals surface area contributed by atoms with E-state index in [1.54, 1.807) is 0 Å². The number of aliphatic hydroxyl groups excluding tert-OH is 1. The van der Waals surface area contributed by atoms with E-state index in [1.807, 2.05) is 0 Å². The first-order valence-electron chi connectivity index (χ1n) is 7.83. The molecular formula is C16H25F3IN3O2. The van der Waals surface area contributed by atoms with Crippen LogP contribution in [-0.2, 0) is 6.42 Å². The van der Waals surface area contributed by atoms with Gasteiger partial charge in [-0.3, -0.25) is 4.99 Å². The number of unbranched alkanes of at least 4 members (excludes halogenated alkanes) is 1. The van der Waals surface area contributed by atoms with Gasteiger partial charge in [0.15, 0.2) is 5.96 Å². The predicted octanol–water partition coefficient (Wildman–Crippen LogP) is 3.06. The van der Waals surface area contributed by atoms with Crippen LogP contribution in [0.5, 0.6) is 5.75 Å². The zero-order valence-corrected chi connectivity index (χ0v) is 16.4. The fourth-order valence-corrected chi connectivity index (χ4v) is 2.02. The predicted molar refractivity (Wildman–Crippen MR) is 102 cm³/mol. The maximum absolute atomic E-state index is 12.1. The van der Waals surface area contributed by atoms with E-state index in [4.69, 9.17) is 5.73 Å². The lowest BCUT2D eigenvalue weighted by molar-refractivity contribution is -0.274. The van der Waals surface area contributed by atoms with Gasteiger partial charge in [0.2, 0.25) is 0 Å². The third-order valence-electron chi connectivity index (χ3n) is 3.30. The Morgan fingerprint density at radius 2 is 1.96 bits per heavy atom. The minimum Gasteiger partial charge on any atom is -0.406 e. The fourth-order valence-electron chi connectivity index (χ4n) is 2.02. The molecule has 0 amide bonds. The number of nitrogens with one attached hydrogen (secondary N) is 1. The van der Waals surface area contributed by atoms with Crippen molar-refractivity contribution in [3.05, 3.63) is 29.8 Å². The molecule has 0 saturated heterocycles. The van der Waals surface area contributed by atoms with Gasteiger partial charge in [-0.05, 0) is 30.5 Å². The molecule has 1 unspecified atom stereocenters. The van der Waals surface area contributed by atoms with Crippen molar-refractivity contribution in [1.29, 1.82) is 0 Å². The number of ether oxygens (including phenoxy) is 1. The minimum absolute atomic E-state index is 0. The van der Waals surface area contributed by atoms with E-state index >= 15 is 0 Å². The first-order valence-corrected chi connectivity index (χ1v) is 7.83. The summed E-state index contributed by atoms with van der Waals surface area (Å²) in [6.07, 6.45) is -2.18. The molecule has 1 aromatic carbocycles. The molecule has 0 spiro atoms. The van der Waals surface area contributed by atoms with E-state index in [2.05, 4.69) is 22.0 Å². The monoisotopic (exact) mass is 475 g/mol. The van der Waals surface area contributed by atoms with Crippen molar-refractivity contribution in [3.8, 4) is 5.75 Å². The van der Waals surface area contributed by atoms with Gasteiger partial charge >= 0.3 is 6.36 Å². The number of rotatable bonds is 9. The van der Waals surface area contributed by atoms with Crippen LogP contribution in [0.4, 0.5) is 13.2 Å². The van der Waals surface area contributed by atoms with Crippen LogP contribution in [0.3, 0.4) is 0 Å². The summed E-state index contributed by atoms with van der Waals surface area (Å²) >= 11 is 0. The Morgan fingerprint density at radius 1 is 1.32 bits per heavy atom. The summed E-state index contributed by atoms with van der Waals surface area (Å²) < 4.78 is 40.1. The Hall–Kier alpha value is -1.23. The SMILES string of the molecule is CCCCNC(N)=NCC(CO)Cc1ccc(OC(F)(F)F)cc1.I. The van der Waals surface area contributed by atoms with E-state index in [0.717, 1.165) is 24.9 Å². The van der Waals surface area contributed by atoms with Crippen LogP contribution in [0.15, 0.2) is 29.3 Å². The molecular weight excluding hydrogens is 450 g/mol. The molecule has 0 aromatic heterocycles. The number of alkyl halides is 3. The number of aliphatic imine (C=N–C) groups is 1. The second-order valence-corrected chi connectivity index (χ2v) is 5.45. The van der Waals surface area contributed by atoms with Gasteiger partial charge in [-0.2, -0.15) is 0 Å². The molecule has 0 bridgehead atoms. The summed E-state index contributed by atoms with van der Waals surface area (Å²) in [5.41, 5.74) is 6.51. The van der Waals surface area contributed by atoms with Crippen molar-refractivity contribution >= 4 is 29.9 Å². The number of aliphatic hydroxyl groups is 1. The van der Waals surface area contributed by atoms with Gasteiger partial charge in [0.25, 0.3) is 0 Å². The summed E-state index contributed by atoms with van der Waals surface area (Å²) in [5.74, 6) is -0.101. The van der Waals surface area contributed by atoms with Gasteiger partial charge in [0.1, 0.15) is 5.75 Å². The Bertz CT molecular complexity index is 510. The van der Waals surface area contributed by atoms with Crippen LogP contribution in [0.1, 0.15) is 25.3 Å². The van der Waals surface area contributed by atoms with Gasteiger partial charge in [-0.1, -0.05) is 25.5 Å². The number of hydrogen-bond donors (Lipinski definition) is 3. The number of hydrogen-bond acceptors (Lipinski definition) is 3. The van der Waals surface area contributed by atoms with Crippen LogP contribution < -0.4 is 15.8 Å². The highest BCUT2D eigenvalue weighted by Gasteiger charge is 2.30. The van der Waals surface area contributed by atoms with Crippen molar-refractivity contribution in [2.24, 2.45) is 16.6 Å². The number of nitrogens with two attached hydrogens (primary N) is 1. The van der Waals surface area contributed by atoms with Crippen LogP contribution in [-0.4, -0.2) is 37.1 Å². The lowest BCUT2D eigenvalue weighted by Crippen LogP contribution is -2.33. The Balaban J connectivity index is 0.00000576. The molecule has 0 fully saturated rings. The number of benzene rings is 1. The van der Waals surface area contributed by atoms with E-state index < -0.39 is 6.36 Å². The second-order valence-electron chi connectivity index (χ2n) is 5.45. The van der Waals surface area contributed by atoms with Crippen molar-refractivity contribution in [2.75, 3.05) is 19.7 Å². The smallest absolute Gasteiger partial charge is 0.406 e. The molecule has 0 heterocycles. The fraction of sp³-hybridized carbons (Fsp3) is 0.562. The van der Waals surface area contributed by atoms with Crippen molar-refractivity contribution < 1.29 is 23.0 Å². The van der Waals surface area contributed by atoms with Crippen molar-refractivity contribution in [1.82, 2.24) is 5.32 Å². The molecule has 144 valence electrons. The first-order chi connectivity index (χ1) is 11.3. The molecule has 1 atom stereocenters. The first kappa shape index (κ1) is 23.8. The molecule has 5 nitrogen and oxygen atoms in total. The third kappa shape index (κ3) is 11.1. The quantitative estimate of drug-likeness (QED) is 0.222. The lowest BCUT2D eigenvalue weighted by Gasteiger charge is -2.13. The highest BCUT2D eigenvalue weighted by molar-refractivity contribution is 14.0. The molecule has 25 heavy (non-hydrogen) atoms. The summed E-state index contributed by atoms with van der Waals surface area (Å²) in [5, 5.41) is 12.4. The zero-order chi connectivity index (χ0) is 18.0. The van der Waals surface area contributed by atoms with Crippen LogP contribution in [0.25, 0.3) is 0 Å². The van der Waals surface area contributed by atoms with Gasteiger partial charge in [-0.25, -0.2) is 0 Å². The second kappa shape index (κ2) is 12.2. The molecule has 0 aliphatic rings. The van der Waals surface area contributed by atoms with Gasteiger partial charge < -0.3 is 20.9 Å². The maximum atomic E-state index is 12.1. The Morgan fingerprint density at radius 3 is 2.48 bits per heavy atom. The van der Waals surface area contributed by atoms with E-state index in [9.17, 15) is 18.3 Å². The topological polar surface area (TPSA) is 79.9 Å². The average Bonchev–Trinajstić information content (AvgIpc) is 2.52. The third-order valence-corrected chi connectivity index (χ3v) is 3.30. The summed E-state index contributed by atoms with van der Waals surface area (Å²) in [4.78, 5) is 4.18. The largest absolute Gasteiger partial charge is 0.573 e. The average molecular weight is 475 g/mol. The van der Waals surface area contributed by atoms with Crippen molar-refractivity contribution in [3.63, 3.8) is 0 Å². The Labute approximate surface area is 162 Å². The maximum Gasteiger partial charge on any atom is 0.573 e. The zero-order valence-electron chi connectivity index (χ0n) is 14.1. The van der Waals surface area contributed by atoms with Crippen LogP contribution in [0, 0.1) is 5.92 Å². The summed E-state index contributed by atoms with van der Waals surface area (Å²) in [6.45, 7) is 3.06. The Kier molecular flexibility index (Phi) is 11.6. The van der Waals surface area contributed by atoms with E-state index in [1.165, 1.54) is 24.3 Å². The van der Waals surface area contributed by atoms with Crippen LogP contribution >= 0.6 is 24.0 Å². The van der Waals surface area contributed by atoms with Gasteiger partial charge in [0, 0.05) is 25.6 Å². The molecule has 0 radical (unpaired) electrons. The normalized spacial score (nSPS) is 13.1. The molecule has 1 rings (SSSR count). The lowest BCUT2D eigenvalue weighted by atomic mass is 10.0. The standard InChI is InChI=1S/C16H24F3N3O2.HI/c1-2-3-8-21-15(20)22-10-13(11-23)9-12-4-6-14(7-5-12)24-16(17,18)19;/h4-7,13,23H,2-3,8-11H2,1H3,(H3,20,21,22);1H. The number of halogens is 4. The molecule has 0 aliphatic heterocycles. The minimum atomic E-state index is -4.70. The molecule has 4 N–H and O–H groups in total. The van der Waals surface area contributed by atoms with Crippen LogP contribution in [0.2, 0.25) is 0 Å². The van der Waals surface area contributed by atoms with E-state index in [0.29, 0.717) is 18.9 Å². The van der Waals surface area contributed by atoms with Crippen molar-refractivity contribution in [2.45, 2.75) is 32.5 Å². The highest BCUT2D eigenvalue weighted by Crippen LogP contribution is 2.23. The van der Waals surface area contributed by atoms with Gasteiger partial charge in [-0.15, -0.1) is 37.1 Å². The number of nitrogens with zero attached hydrogens (tertiary/aromatic N) is 1. The molecule has 0 saturated carbocycles. The summed E-state index contributed by atoms with van der Waals surface area (Å²) in [7, 11) is 0. The highest BCUT2D eigenvalue weighted by atomic mass is 127. The molecule has 0 aliphatic carbocycles. The van der Waals surface area contributed by atoms with Gasteiger partial charge in [0.05, 0.1) is 0 Å². The van der Waals surface area contributed by atoms with E-state index in [-0.39, 0.29) is 42.3 Å². The number of guanidine groups is 1. The molecule has 1 aromatic rings.